The van der Waals surface area contributed by atoms with E-state index in [9.17, 15) is 4.79 Å². The molecule has 0 saturated heterocycles. The lowest BCUT2D eigenvalue weighted by Crippen LogP contribution is -2.22. The van der Waals surface area contributed by atoms with Gasteiger partial charge in [-0.15, -0.1) is 0 Å². The van der Waals surface area contributed by atoms with Crippen molar-refractivity contribution in [3.05, 3.63) is 52.8 Å². The van der Waals surface area contributed by atoms with Crippen LogP contribution in [-0.2, 0) is 0 Å². The van der Waals surface area contributed by atoms with Gasteiger partial charge >= 0.3 is 0 Å². The Hall–Kier alpha value is -3.19. The highest BCUT2D eigenvalue weighted by Crippen LogP contribution is 2.34. The molecule has 0 radical (unpaired) electrons. The number of rotatable bonds is 3. The summed E-state index contributed by atoms with van der Waals surface area (Å²) in [4.78, 5) is 26.7. The fraction of sp³-hybridized carbons (Fsp3) is 0.158. The van der Waals surface area contributed by atoms with Crippen LogP contribution in [0.5, 0.6) is 0 Å². The number of carbonyl (C=O) groups is 1. The monoisotopic (exact) mass is 382 g/mol. The van der Waals surface area contributed by atoms with Crippen LogP contribution < -0.4 is 11.5 Å². The quantitative estimate of drug-likeness (QED) is 0.720. The predicted molar refractivity (Wildman–Crippen MR) is 107 cm³/mol. The van der Waals surface area contributed by atoms with Crippen molar-refractivity contribution < 1.29 is 4.79 Å². The number of pyridine rings is 1. The highest BCUT2D eigenvalue weighted by atomic mass is 35.5. The molecule has 8 heteroatoms. The van der Waals surface area contributed by atoms with E-state index in [1.807, 2.05) is 13.0 Å². The predicted octanol–water partition coefficient (Wildman–Crippen LogP) is 3.03. The Bertz CT molecular complexity index is 1020. The molecule has 3 rings (SSSR count). The van der Waals surface area contributed by atoms with Crippen LogP contribution in [0.15, 0.2) is 36.5 Å². The molecule has 7 nitrogen and oxygen atoms in total. The molecule has 138 valence electrons. The van der Waals surface area contributed by atoms with Crippen molar-refractivity contribution in [1.82, 2.24) is 19.9 Å². The van der Waals surface area contributed by atoms with Gasteiger partial charge in [-0.05, 0) is 31.2 Å². The third-order valence-corrected chi connectivity index (χ3v) is 4.39. The number of nitrogen functional groups attached to an aromatic ring is 2. The molecule has 0 aliphatic rings. The zero-order valence-electron chi connectivity index (χ0n) is 15.2. The second kappa shape index (κ2) is 7.20. The number of hydrogen-bond donors (Lipinski definition) is 2. The molecule has 1 amide bonds. The second-order valence-electron chi connectivity index (χ2n) is 6.26. The van der Waals surface area contributed by atoms with Gasteiger partial charge in [0, 0.05) is 37.0 Å². The summed E-state index contributed by atoms with van der Waals surface area (Å²) in [7, 11) is 3.34. The van der Waals surface area contributed by atoms with Gasteiger partial charge in [-0.2, -0.15) is 0 Å². The second-order valence-corrected chi connectivity index (χ2v) is 6.66. The fourth-order valence-corrected chi connectivity index (χ4v) is 2.98. The molecule has 0 saturated carbocycles. The smallest absolute Gasteiger partial charge is 0.254 e. The van der Waals surface area contributed by atoms with Crippen molar-refractivity contribution in [2.24, 2.45) is 0 Å². The Balaban J connectivity index is 2.24. The molecule has 0 aliphatic heterocycles. The summed E-state index contributed by atoms with van der Waals surface area (Å²) in [5.74, 6) is 0.362. The molecule has 4 N–H and O–H groups in total. The minimum atomic E-state index is -0.198. The highest BCUT2D eigenvalue weighted by Gasteiger charge is 2.19. The number of amides is 1. The number of nitrogens with zero attached hydrogens (tertiary/aromatic N) is 4. The number of carbonyl (C=O) groups excluding carboxylic acids is 1. The van der Waals surface area contributed by atoms with Crippen molar-refractivity contribution in [2.45, 2.75) is 6.92 Å². The largest absolute Gasteiger partial charge is 0.384 e. The van der Waals surface area contributed by atoms with E-state index in [1.54, 1.807) is 44.6 Å². The van der Waals surface area contributed by atoms with Gasteiger partial charge in [0.2, 0.25) is 5.95 Å². The number of halogens is 1. The van der Waals surface area contributed by atoms with Crippen molar-refractivity contribution in [2.75, 3.05) is 25.6 Å². The number of aromatic nitrogens is 3. The lowest BCUT2D eigenvalue weighted by molar-refractivity contribution is 0.0828. The molecular weight excluding hydrogens is 364 g/mol. The first-order valence-corrected chi connectivity index (χ1v) is 8.53. The number of benzene rings is 1. The van der Waals surface area contributed by atoms with Crippen LogP contribution in [0.25, 0.3) is 22.4 Å². The van der Waals surface area contributed by atoms with Gasteiger partial charge in [0.25, 0.3) is 5.91 Å². The Labute approximate surface area is 162 Å². The van der Waals surface area contributed by atoms with E-state index in [4.69, 9.17) is 23.1 Å². The lowest BCUT2D eigenvalue weighted by Gasteiger charge is -2.15. The normalized spacial score (nSPS) is 10.7. The lowest BCUT2D eigenvalue weighted by atomic mass is 9.97. The van der Waals surface area contributed by atoms with Crippen LogP contribution in [-0.4, -0.2) is 39.9 Å². The molecule has 0 aliphatic carbocycles. The molecule has 2 aromatic heterocycles. The average Bonchev–Trinajstić information content (AvgIpc) is 2.62. The van der Waals surface area contributed by atoms with E-state index >= 15 is 0 Å². The number of anilines is 2. The molecule has 0 fully saturated rings. The standard InChI is InChI=1S/C19H19ClN6O/c1-10-16(12-5-7-15(21)23-9-12)17(25-19(22)24-10)11-4-6-14(20)13(8-11)18(27)26(2)3/h4-9H,1-3H3,(H2,21,23)(H2,22,24,25). The summed E-state index contributed by atoms with van der Waals surface area (Å²) < 4.78 is 0. The first-order valence-electron chi connectivity index (χ1n) is 8.15. The minimum Gasteiger partial charge on any atom is -0.384 e. The summed E-state index contributed by atoms with van der Waals surface area (Å²) in [5, 5.41) is 0.368. The van der Waals surface area contributed by atoms with Gasteiger partial charge < -0.3 is 16.4 Å². The SMILES string of the molecule is Cc1nc(N)nc(-c2ccc(Cl)c(C(=O)N(C)C)c2)c1-c1ccc(N)nc1. The molecule has 3 aromatic rings. The maximum atomic E-state index is 12.4. The van der Waals surface area contributed by atoms with Gasteiger partial charge in [-0.1, -0.05) is 17.7 Å². The topological polar surface area (TPSA) is 111 Å². The van der Waals surface area contributed by atoms with Crippen molar-refractivity contribution in [3.63, 3.8) is 0 Å². The maximum Gasteiger partial charge on any atom is 0.254 e. The van der Waals surface area contributed by atoms with E-state index in [2.05, 4.69) is 15.0 Å². The van der Waals surface area contributed by atoms with Crippen LogP contribution >= 0.6 is 11.6 Å². The maximum absolute atomic E-state index is 12.4. The zero-order chi connectivity index (χ0) is 19.7. The Morgan fingerprint density at radius 2 is 1.78 bits per heavy atom. The van der Waals surface area contributed by atoms with Gasteiger partial charge in [0.05, 0.1) is 22.0 Å². The van der Waals surface area contributed by atoms with E-state index in [1.165, 1.54) is 4.90 Å². The summed E-state index contributed by atoms with van der Waals surface area (Å²) >= 11 is 6.23. The molecule has 0 bridgehead atoms. The van der Waals surface area contributed by atoms with E-state index in [0.717, 1.165) is 11.1 Å². The van der Waals surface area contributed by atoms with Crippen LogP contribution in [0.2, 0.25) is 5.02 Å². The van der Waals surface area contributed by atoms with Crippen LogP contribution in [0.3, 0.4) is 0 Å². The Morgan fingerprint density at radius 3 is 2.41 bits per heavy atom. The van der Waals surface area contributed by atoms with Crippen molar-refractivity contribution in [3.8, 4) is 22.4 Å². The molecule has 0 spiro atoms. The van der Waals surface area contributed by atoms with Crippen LogP contribution in [0, 0.1) is 6.92 Å². The average molecular weight is 383 g/mol. The molecule has 1 aromatic carbocycles. The summed E-state index contributed by atoms with van der Waals surface area (Å²) in [6.45, 7) is 1.84. The summed E-state index contributed by atoms with van der Waals surface area (Å²) in [6, 6.07) is 8.73. The molecule has 0 atom stereocenters. The molecule has 27 heavy (non-hydrogen) atoms. The summed E-state index contributed by atoms with van der Waals surface area (Å²) in [5.41, 5.74) is 15.5. The van der Waals surface area contributed by atoms with Gasteiger partial charge in [0.15, 0.2) is 0 Å². The van der Waals surface area contributed by atoms with Crippen molar-refractivity contribution >= 4 is 29.3 Å². The minimum absolute atomic E-state index is 0.144. The van der Waals surface area contributed by atoms with Crippen LogP contribution in [0.1, 0.15) is 16.1 Å². The summed E-state index contributed by atoms with van der Waals surface area (Å²) in [6.07, 6.45) is 1.66. The van der Waals surface area contributed by atoms with Gasteiger partial charge in [-0.25, -0.2) is 15.0 Å². The number of nitrogens with two attached hydrogens (primary N) is 2. The molecule has 0 unspecified atom stereocenters. The van der Waals surface area contributed by atoms with E-state index in [0.29, 0.717) is 33.4 Å². The number of aryl methyl sites for hydroxylation is 1. The number of hydrogen-bond acceptors (Lipinski definition) is 6. The van der Waals surface area contributed by atoms with Crippen LogP contribution in [0.4, 0.5) is 11.8 Å². The zero-order valence-corrected chi connectivity index (χ0v) is 15.9. The van der Waals surface area contributed by atoms with Crippen molar-refractivity contribution in [1.29, 1.82) is 0 Å². The Morgan fingerprint density at radius 1 is 1.07 bits per heavy atom. The van der Waals surface area contributed by atoms with Gasteiger partial charge in [0.1, 0.15) is 5.82 Å². The molecular formula is C19H19ClN6O. The first kappa shape index (κ1) is 18.6. The molecule has 2 heterocycles. The highest BCUT2D eigenvalue weighted by molar-refractivity contribution is 6.34. The van der Waals surface area contributed by atoms with Gasteiger partial charge in [-0.3, -0.25) is 4.79 Å². The van der Waals surface area contributed by atoms with E-state index < -0.39 is 0 Å². The fourth-order valence-electron chi connectivity index (χ4n) is 2.78. The Kier molecular flexibility index (Phi) is 4.96. The van der Waals surface area contributed by atoms with E-state index in [-0.39, 0.29) is 11.9 Å². The third kappa shape index (κ3) is 3.68. The third-order valence-electron chi connectivity index (χ3n) is 4.06. The first-order chi connectivity index (χ1) is 12.8.